The van der Waals surface area contributed by atoms with Crippen molar-refractivity contribution in [3.63, 3.8) is 0 Å². The van der Waals surface area contributed by atoms with E-state index in [0.717, 1.165) is 5.56 Å². The minimum Gasteiger partial charge on any atom is -0.496 e. The molecule has 1 unspecified atom stereocenters. The molecule has 0 saturated heterocycles. The monoisotopic (exact) mass is 345 g/mol. The predicted octanol–water partition coefficient (Wildman–Crippen LogP) is 5.47. The lowest BCUT2D eigenvalue weighted by molar-refractivity contribution is 0.397. The third kappa shape index (κ3) is 3.55. The maximum absolute atomic E-state index is 6.13. The number of benzene rings is 2. The zero-order chi connectivity index (χ0) is 15.6. The molecule has 2 rings (SSSR count). The van der Waals surface area contributed by atoms with Gasteiger partial charge >= 0.3 is 0 Å². The van der Waals surface area contributed by atoms with Gasteiger partial charge in [-0.2, -0.15) is 0 Å². The van der Waals surface area contributed by atoms with E-state index in [4.69, 9.17) is 50.0 Å². The Bertz CT molecular complexity index is 660. The Morgan fingerprint density at radius 3 is 2.19 bits per heavy atom. The minimum atomic E-state index is -0.266. The zero-order valence-corrected chi connectivity index (χ0v) is 13.8. The molecular weight excluding hydrogens is 333 g/mol. The molecule has 0 heterocycles. The van der Waals surface area contributed by atoms with E-state index in [9.17, 15) is 0 Å². The second kappa shape index (κ2) is 6.75. The van der Waals surface area contributed by atoms with Crippen molar-refractivity contribution in [1.82, 2.24) is 0 Å². The molecule has 2 aromatic rings. The highest BCUT2D eigenvalue weighted by molar-refractivity contribution is 6.43. The van der Waals surface area contributed by atoms with E-state index in [2.05, 4.69) is 0 Å². The molecule has 21 heavy (non-hydrogen) atoms. The lowest BCUT2D eigenvalue weighted by Crippen LogP contribution is -2.08. The Kier molecular flexibility index (Phi) is 5.22. The van der Waals surface area contributed by atoms with Crippen molar-refractivity contribution >= 4 is 34.8 Å². The van der Waals surface area contributed by atoms with Crippen LogP contribution < -0.4 is 15.2 Å². The highest BCUT2D eigenvalue weighted by Gasteiger charge is 2.16. The average molecular weight is 347 g/mol. The Labute approximate surface area is 138 Å². The lowest BCUT2D eigenvalue weighted by atomic mass is 10.1. The third-order valence-electron chi connectivity index (χ3n) is 2.90. The molecule has 2 N–H and O–H groups in total. The number of methoxy groups -OCH3 is 1. The summed E-state index contributed by atoms with van der Waals surface area (Å²) < 4.78 is 11.2. The van der Waals surface area contributed by atoms with Gasteiger partial charge in [0.2, 0.25) is 0 Å². The molecule has 2 aromatic carbocycles. The van der Waals surface area contributed by atoms with Crippen molar-refractivity contribution in [3.05, 3.63) is 51.0 Å². The fraction of sp³-hybridized carbons (Fsp3) is 0.200. The second-order valence-electron chi connectivity index (χ2n) is 4.46. The summed E-state index contributed by atoms with van der Waals surface area (Å²) in [6.07, 6.45) is 0. The van der Waals surface area contributed by atoms with E-state index in [0.29, 0.717) is 32.3 Å². The van der Waals surface area contributed by atoms with Crippen molar-refractivity contribution in [1.29, 1.82) is 0 Å². The minimum absolute atomic E-state index is 0.266. The summed E-state index contributed by atoms with van der Waals surface area (Å²) in [7, 11) is 1.58. The average Bonchev–Trinajstić information content (AvgIpc) is 2.44. The van der Waals surface area contributed by atoms with E-state index >= 15 is 0 Å². The zero-order valence-electron chi connectivity index (χ0n) is 11.5. The molecule has 0 bridgehead atoms. The first-order valence-corrected chi connectivity index (χ1v) is 7.32. The number of hydrogen-bond acceptors (Lipinski definition) is 3. The van der Waals surface area contributed by atoms with Gasteiger partial charge in [0.15, 0.2) is 0 Å². The van der Waals surface area contributed by atoms with Crippen molar-refractivity contribution in [2.45, 2.75) is 13.0 Å². The number of nitrogens with two attached hydrogens (primary N) is 1. The van der Waals surface area contributed by atoms with Crippen LogP contribution in [0, 0.1) is 0 Å². The van der Waals surface area contributed by atoms with Crippen molar-refractivity contribution in [2.75, 3.05) is 7.11 Å². The van der Waals surface area contributed by atoms with Crippen molar-refractivity contribution in [3.8, 4) is 17.2 Å². The van der Waals surface area contributed by atoms with Gasteiger partial charge in [-0.05, 0) is 25.1 Å². The van der Waals surface area contributed by atoms with Crippen LogP contribution in [0.25, 0.3) is 0 Å². The maximum Gasteiger partial charge on any atom is 0.147 e. The third-order valence-corrected chi connectivity index (χ3v) is 3.91. The summed E-state index contributed by atoms with van der Waals surface area (Å²) in [5.74, 6) is 1.62. The molecule has 0 aliphatic heterocycles. The Morgan fingerprint density at radius 2 is 1.57 bits per heavy atom. The van der Waals surface area contributed by atoms with Gasteiger partial charge < -0.3 is 15.2 Å². The van der Waals surface area contributed by atoms with Crippen LogP contribution in [0.3, 0.4) is 0 Å². The first-order chi connectivity index (χ1) is 9.93. The molecule has 0 amide bonds. The molecular formula is C15H14Cl3NO2. The number of ether oxygens (including phenoxy) is 2. The summed E-state index contributed by atoms with van der Waals surface area (Å²) in [5.41, 5.74) is 6.75. The Morgan fingerprint density at radius 1 is 0.952 bits per heavy atom. The number of rotatable bonds is 4. The van der Waals surface area contributed by atoms with Crippen LogP contribution in [0.2, 0.25) is 15.1 Å². The fourth-order valence-electron chi connectivity index (χ4n) is 1.94. The van der Waals surface area contributed by atoms with Gasteiger partial charge in [0, 0.05) is 12.1 Å². The van der Waals surface area contributed by atoms with Gasteiger partial charge in [-0.15, -0.1) is 0 Å². The van der Waals surface area contributed by atoms with Crippen LogP contribution in [0.15, 0.2) is 30.3 Å². The molecule has 0 aromatic heterocycles. The number of hydrogen-bond donors (Lipinski definition) is 1. The highest BCUT2D eigenvalue weighted by Crippen LogP contribution is 2.40. The topological polar surface area (TPSA) is 44.5 Å². The SMILES string of the molecule is COc1cccc(Oc2cc(Cl)c(Cl)cc2Cl)c1C(C)N. The van der Waals surface area contributed by atoms with Crippen LogP contribution in [0.4, 0.5) is 0 Å². The van der Waals surface area contributed by atoms with E-state index in [1.807, 2.05) is 19.1 Å². The first-order valence-electron chi connectivity index (χ1n) is 6.19. The predicted molar refractivity (Wildman–Crippen MR) is 87.1 cm³/mol. The van der Waals surface area contributed by atoms with Gasteiger partial charge in [-0.25, -0.2) is 0 Å². The quantitative estimate of drug-likeness (QED) is 0.747. The molecule has 6 heteroatoms. The summed E-state index contributed by atoms with van der Waals surface area (Å²) in [6.45, 7) is 1.85. The normalized spacial score (nSPS) is 12.1. The lowest BCUT2D eigenvalue weighted by Gasteiger charge is -2.17. The van der Waals surface area contributed by atoms with Crippen molar-refractivity contribution in [2.24, 2.45) is 5.73 Å². The molecule has 112 valence electrons. The van der Waals surface area contributed by atoms with Crippen LogP contribution in [0.5, 0.6) is 17.2 Å². The van der Waals surface area contributed by atoms with E-state index in [-0.39, 0.29) is 6.04 Å². The Hall–Kier alpha value is -1.13. The van der Waals surface area contributed by atoms with Gasteiger partial charge in [0.25, 0.3) is 0 Å². The first kappa shape index (κ1) is 16.2. The van der Waals surface area contributed by atoms with Crippen LogP contribution in [-0.2, 0) is 0 Å². The van der Waals surface area contributed by atoms with Crippen LogP contribution in [-0.4, -0.2) is 7.11 Å². The van der Waals surface area contributed by atoms with Gasteiger partial charge in [-0.1, -0.05) is 40.9 Å². The molecule has 0 spiro atoms. The van der Waals surface area contributed by atoms with Gasteiger partial charge in [-0.3, -0.25) is 0 Å². The molecule has 0 radical (unpaired) electrons. The summed E-state index contributed by atoms with van der Waals surface area (Å²) in [6, 6.07) is 8.26. The fourth-order valence-corrected chi connectivity index (χ4v) is 2.52. The van der Waals surface area contributed by atoms with Crippen LogP contribution >= 0.6 is 34.8 Å². The molecule has 0 saturated carbocycles. The summed E-state index contributed by atoms with van der Waals surface area (Å²) in [4.78, 5) is 0. The van der Waals surface area contributed by atoms with Crippen LogP contribution in [0.1, 0.15) is 18.5 Å². The van der Waals surface area contributed by atoms with Gasteiger partial charge in [0.1, 0.15) is 17.2 Å². The molecule has 1 atom stereocenters. The van der Waals surface area contributed by atoms with E-state index < -0.39 is 0 Å². The standard InChI is InChI=1S/C15H14Cl3NO2/c1-8(19)15-12(20-2)4-3-5-13(15)21-14-7-10(17)9(16)6-11(14)18/h3-8H,19H2,1-2H3. The van der Waals surface area contributed by atoms with Gasteiger partial charge in [0.05, 0.1) is 27.7 Å². The molecule has 0 aliphatic rings. The second-order valence-corrected chi connectivity index (χ2v) is 5.68. The molecule has 0 aliphatic carbocycles. The van der Waals surface area contributed by atoms with E-state index in [1.165, 1.54) is 6.07 Å². The molecule has 0 fully saturated rings. The largest absolute Gasteiger partial charge is 0.496 e. The summed E-state index contributed by atoms with van der Waals surface area (Å²) in [5, 5.41) is 1.09. The Balaban J connectivity index is 2.47. The highest BCUT2D eigenvalue weighted by atomic mass is 35.5. The van der Waals surface area contributed by atoms with Crippen molar-refractivity contribution < 1.29 is 9.47 Å². The van der Waals surface area contributed by atoms with E-state index in [1.54, 1.807) is 19.2 Å². The molecule has 3 nitrogen and oxygen atoms in total. The number of halogens is 3. The summed E-state index contributed by atoms with van der Waals surface area (Å²) >= 11 is 18.0. The maximum atomic E-state index is 6.13. The smallest absolute Gasteiger partial charge is 0.147 e.